The van der Waals surface area contributed by atoms with Crippen LogP contribution in [0.15, 0.2) is 54.9 Å². The van der Waals surface area contributed by atoms with E-state index in [-0.39, 0.29) is 23.8 Å². The highest BCUT2D eigenvalue weighted by molar-refractivity contribution is 7.57. The Morgan fingerprint density at radius 1 is 1.31 bits per heavy atom. The second-order valence-electron chi connectivity index (χ2n) is 7.47. The van der Waals surface area contributed by atoms with Gasteiger partial charge in [-0.3, -0.25) is 13.9 Å². The van der Waals surface area contributed by atoms with Crippen molar-refractivity contribution in [3.05, 3.63) is 54.9 Å². The standard InChI is InChI=1S/C21H24FN6O6P/c1-3-31-21(29)13(2)27-35(30,34-14-7-5-4-6-8-14)12-32-16-9-15(22)20(33-16)28-11-26-17-18(23)24-10-25-19(17)28/h4-11,13,16,20H,3,12H2,1-2H3,(H,27,30)(H2,23,24,25)/t13-,16+,20-,35+/m0/s1. The SMILES string of the molecule is CCOC(=O)[C@H](C)N[P@@](=O)(CO[C@H]1C=C(F)[C@@H](n2cnc3c(N)ncnc32)O1)Oc1ccccc1. The van der Waals surface area contributed by atoms with Crippen molar-refractivity contribution in [2.75, 3.05) is 18.7 Å². The van der Waals surface area contributed by atoms with E-state index in [9.17, 15) is 13.8 Å². The maximum Gasteiger partial charge on any atom is 0.342 e. The summed E-state index contributed by atoms with van der Waals surface area (Å²) < 4.78 is 51.5. The molecule has 0 bridgehead atoms. The highest BCUT2D eigenvalue weighted by Crippen LogP contribution is 2.45. The third-order valence-electron chi connectivity index (χ3n) is 4.87. The molecule has 0 amide bonds. The first kappa shape index (κ1) is 24.7. The Morgan fingerprint density at radius 3 is 2.83 bits per heavy atom. The Balaban J connectivity index is 1.47. The molecule has 1 aromatic carbocycles. The Labute approximate surface area is 199 Å². The number of nitrogen functional groups attached to an aromatic ring is 1. The number of carbonyl (C=O) groups excluding carboxylic acids is 1. The van der Waals surface area contributed by atoms with E-state index in [1.807, 2.05) is 0 Å². The number of nitrogens with one attached hydrogen (secondary N) is 1. The van der Waals surface area contributed by atoms with Crippen molar-refractivity contribution in [2.24, 2.45) is 0 Å². The van der Waals surface area contributed by atoms with Gasteiger partial charge < -0.3 is 24.5 Å². The van der Waals surface area contributed by atoms with Crippen molar-refractivity contribution in [2.45, 2.75) is 32.4 Å². The fraction of sp³-hybridized carbons (Fsp3) is 0.333. The fourth-order valence-corrected chi connectivity index (χ4v) is 4.98. The maximum absolute atomic E-state index is 14.8. The summed E-state index contributed by atoms with van der Waals surface area (Å²) in [6.07, 6.45) is 0.676. The minimum atomic E-state index is -3.83. The molecule has 3 N–H and O–H groups in total. The number of esters is 1. The Kier molecular flexibility index (Phi) is 7.41. The summed E-state index contributed by atoms with van der Waals surface area (Å²) in [6.45, 7) is 3.30. The highest BCUT2D eigenvalue weighted by atomic mass is 31.2. The lowest BCUT2D eigenvalue weighted by Crippen LogP contribution is -2.36. The van der Waals surface area contributed by atoms with Gasteiger partial charge in [0.25, 0.3) is 0 Å². The van der Waals surface area contributed by atoms with E-state index in [4.69, 9.17) is 24.5 Å². The van der Waals surface area contributed by atoms with Gasteiger partial charge in [0.2, 0.25) is 0 Å². The second-order valence-corrected chi connectivity index (χ2v) is 9.51. The maximum atomic E-state index is 14.8. The number of ether oxygens (including phenoxy) is 3. The summed E-state index contributed by atoms with van der Waals surface area (Å²) in [6, 6.07) is 7.40. The van der Waals surface area contributed by atoms with Crippen molar-refractivity contribution in [1.29, 1.82) is 0 Å². The van der Waals surface area contributed by atoms with Gasteiger partial charge in [-0.15, -0.1) is 0 Å². The van der Waals surface area contributed by atoms with Crippen LogP contribution in [0, 0.1) is 0 Å². The van der Waals surface area contributed by atoms with Gasteiger partial charge in [0.1, 0.15) is 23.6 Å². The molecule has 0 saturated carbocycles. The predicted molar refractivity (Wildman–Crippen MR) is 123 cm³/mol. The van der Waals surface area contributed by atoms with E-state index < -0.39 is 44.2 Å². The molecule has 4 atom stereocenters. The van der Waals surface area contributed by atoms with Gasteiger partial charge in [0.15, 0.2) is 36.2 Å². The zero-order valence-corrected chi connectivity index (χ0v) is 19.8. The van der Waals surface area contributed by atoms with Gasteiger partial charge in [-0.1, -0.05) is 18.2 Å². The predicted octanol–water partition coefficient (Wildman–Crippen LogP) is 2.90. The average molecular weight is 506 g/mol. The number of fused-ring (bicyclic) bond motifs is 1. The number of benzene rings is 1. The van der Waals surface area contributed by atoms with E-state index in [1.54, 1.807) is 37.3 Å². The van der Waals surface area contributed by atoms with Crippen LogP contribution in [0.5, 0.6) is 5.75 Å². The molecular formula is C21H24FN6O6P. The van der Waals surface area contributed by atoms with E-state index in [0.29, 0.717) is 5.52 Å². The first-order chi connectivity index (χ1) is 16.8. The van der Waals surface area contributed by atoms with Gasteiger partial charge in [-0.25, -0.2) is 24.4 Å². The van der Waals surface area contributed by atoms with E-state index in [0.717, 1.165) is 6.08 Å². The molecule has 0 saturated heterocycles. The van der Waals surface area contributed by atoms with Crippen LogP contribution in [0.3, 0.4) is 0 Å². The number of nitrogens with two attached hydrogens (primary N) is 1. The highest BCUT2D eigenvalue weighted by Gasteiger charge is 2.36. The monoisotopic (exact) mass is 506 g/mol. The molecule has 12 nitrogen and oxygen atoms in total. The van der Waals surface area contributed by atoms with Crippen molar-refractivity contribution >= 4 is 30.5 Å². The summed E-state index contributed by atoms with van der Waals surface area (Å²) in [4.78, 5) is 24.1. The van der Waals surface area contributed by atoms with Crippen LogP contribution in [0.4, 0.5) is 10.2 Å². The quantitative estimate of drug-likeness (QED) is 0.308. The first-order valence-electron chi connectivity index (χ1n) is 10.6. The summed E-state index contributed by atoms with van der Waals surface area (Å²) in [5.74, 6) is -0.847. The molecule has 0 unspecified atom stereocenters. The summed E-state index contributed by atoms with van der Waals surface area (Å²) >= 11 is 0. The van der Waals surface area contributed by atoms with Crippen LogP contribution >= 0.6 is 7.52 Å². The minimum absolute atomic E-state index is 0.143. The Bertz CT molecular complexity index is 1270. The second kappa shape index (κ2) is 10.5. The molecule has 0 fully saturated rings. The number of halogens is 1. The Morgan fingerprint density at radius 2 is 2.09 bits per heavy atom. The molecule has 1 aliphatic heterocycles. The third kappa shape index (κ3) is 5.65. The van der Waals surface area contributed by atoms with Gasteiger partial charge in [-0.05, 0) is 26.0 Å². The average Bonchev–Trinajstić information content (AvgIpc) is 3.42. The van der Waals surface area contributed by atoms with Crippen molar-refractivity contribution in [1.82, 2.24) is 24.6 Å². The largest absolute Gasteiger partial charge is 0.465 e. The van der Waals surface area contributed by atoms with E-state index in [2.05, 4.69) is 20.0 Å². The number of hydrogen-bond donors (Lipinski definition) is 2. The van der Waals surface area contributed by atoms with Gasteiger partial charge in [0.05, 0.1) is 12.9 Å². The summed E-state index contributed by atoms with van der Waals surface area (Å²) in [5, 5.41) is 2.65. The summed E-state index contributed by atoms with van der Waals surface area (Å²) in [7, 11) is -3.83. The lowest BCUT2D eigenvalue weighted by molar-refractivity contribution is -0.144. The number of anilines is 1. The number of aromatic nitrogens is 4. The fourth-order valence-electron chi connectivity index (χ4n) is 3.30. The van der Waals surface area contributed by atoms with Gasteiger partial charge in [-0.2, -0.15) is 0 Å². The topological polar surface area (TPSA) is 153 Å². The van der Waals surface area contributed by atoms with Gasteiger partial charge >= 0.3 is 13.5 Å². The normalized spacial score (nSPS) is 20.3. The molecule has 0 spiro atoms. The molecular weight excluding hydrogens is 482 g/mol. The van der Waals surface area contributed by atoms with Gasteiger partial charge in [0, 0.05) is 6.08 Å². The number of nitrogens with zero attached hydrogens (tertiary/aromatic N) is 4. The van der Waals surface area contributed by atoms with Crippen LogP contribution in [-0.4, -0.2) is 50.8 Å². The van der Waals surface area contributed by atoms with Crippen molar-refractivity contribution in [3.63, 3.8) is 0 Å². The molecule has 35 heavy (non-hydrogen) atoms. The minimum Gasteiger partial charge on any atom is -0.465 e. The molecule has 0 aliphatic carbocycles. The number of rotatable bonds is 10. The molecule has 4 rings (SSSR count). The van der Waals surface area contributed by atoms with Crippen LogP contribution in [-0.2, 0) is 23.6 Å². The zero-order chi connectivity index (χ0) is 25.0. The number of imidazole rings is 1. The Hall–Kier alpha value is -3.38. The molecule has 3 aromatic rings. The van der Waals surface area contributed by atoms with Crippen molar-refractivity contribution in [3.8, 4) is 5.75 Å². The molecule has 3 heterocycles. The van der Waals surface area contributed by atoms with Crippen LogP contribution in [0.25, 0.3) is 11.2 Å². The molecule has 2 aromatic heterocycles. The van der Waals surface area contributed by atoms with E-state index >= 15 is 0 Å². The van der Waals surface area contributed by atoms with Crippen LogP contribution in [0.1, 0.15) is 20.1 Å². The van der Waals surface area contributed by atoms with Crippen LogP contribution < -0.4 is 15.3 Å². The molecule has 14 heteroatoms. The third-order valence-corrected chi connectivity index (χ3v) is 6.64. The molecule has 186 valence electrons. The first-order valence-corrected chi connectivity index (χ1v) is 12.5. The number of carbonyl (C=O) groups is 1. The smallest absolute Gasteiger partial charge is 0.342 e. The van der Waals surface area contributed by atoms with E-state index in [1.165, 1.54) is 24.1 Å². The lowest BCUT2D eigenvalue weighted by Gasteiger charge is -2.24. The lowest BCUT2D eigenvalue weighted by atomic mass is 10.3. The summed E-state index contributed by atoms with van der Waals surface area (Å²) in [5.41, 5.74) is 6.35. The molecule has 1 aliphatic rings. The van der Waals surface area contributed by atoms with Crippen molar-refractivity contribution < 1.29 is 32.5 Å². The number of para-hydroxylation sites is 1. The zero-order valence-electron chi connectivity index (χ0n) is 18.9. The number of hydrogen-bond acceptors (Lipinski definition) is 10. The molecule has 0 radical (unpaired) electrons. The van der Waals surface area contributed by atoms with Crippen LogP contribution in [0.2, 0.25) is 0 Å².